The van der Waals surface area contributed by atoms with E-state index < -0.39 is 0 Å². The fraction of sp³-hybridized carbons (Fsp3) is 0.905. The number of amides is 3. The minimum atomic E-state index is -0.0786. The van der Waals surface area contributed by atoms with E-state index in [0.29, 0.717) is 24.8 Å². The molecule has 158 valence electrons. The van der Waals surface area contributed by atoms with Crippen LogP contribution in [0.3, 0.4) is 0 Å². The van der Waals surface area contributed by atoms with Gasteiger partial charge in [0.2, 0.25) is 5.91 Å². The standard InChI is InChI=1S/C21H34N4O2.ClH/c22-18-2-1-16-11-25(12-17(16)18)19(26)3-4-23-20(27)24-21-8-13-5-14(9-21)7-15(6-13)10-21;/h13-18H,1-12,22H2,(H2,23,24,27);1H. The second kappa shape index (κ2) is 7.67. The molecular formula is C21H35ClN4O2. The van der Waals surface area contributed by atoms with E-state index in [-0.39, 0.29) is 35.9 Å². The first-order chi connectivity index (χ1) is 13.0. The second-order valence-electron chi connectivity index (χ2n) is 10.3. The van der Waals surface area contributed by atoms with Gasteiger partial charge in [-0.1, -0.05) is 0 Å². The molecule has 0 aromatic carbocycles. The fourth-order valence-corrected chi connectivity index (χ4v) is 7.50. The zero-order valence-electron chi connectivity index (χ0n) is 16.7. The van der Waals surface area contributed by atoms with E-state index in [4.69, 9.17) is 5.73 Å². The number of nitrogens with one attached hydrogen (secondary N) is 2. The summed E-state index contributed by atoms with van der Waals surface area (Å²) in [5.74, 6) is 3.70. The third kappa shape index (κ3) is 3.74. The largest absolute Gasteiger partial charge is 0.342 e. The Morgan fingerprint density at radius 2 is 1.64 bits per heavy atom. The Bertz CT molecular complexity index is 592. The molecular weight excluding hydrogens is 376 g/mol. The van der Waals surface area contributed by atoms with Crippen LogP contribution >= 0.6 is 12.4 Å². The Morgan fingerprint density at radius 1 is 1.00 bits per heavy atom. The van der Waals surface area contributed by atoms with Gasteiger partial charge in [-0.05, 0) is 81.0 Å². The molecule has 3 unspecified atom stereocenters. The Kier molecular flexibility index (Phi) is 5.56. The number of carbonyl (C=O) groups excluding carboxylic acids is 2. The predicted molar refractivity (Wildman–Crippen MR) is 110 cm³/mol. The van der Waals surface area contributed by atoms with Crippen LogP contribution in [0.15, 0.2) is 0 Å². The molecule has 0 spiro atoms. The lowest BCUT2D eigenvalue weighted by molar-refractivity contribution is -0.130. The number of nitrogens with zero attached hydrogens (tertiary/aromatic N) is 1. The van der Waals surface area contributed by atoms with Crippen molar-refractivity contribution in [1.29, 1.82) is 0 Å². The molecule has 0 radical (unpaired) electrons. The van der Waals surface area contributed by atoms with Gasteiger partial charge in [-0.15, -0.1) is 12.4 Å². The lowest BCUT2D eigenvalue weighted by Crippen LogP contribution is -2.61. The van der Waals surface area contributed by atoms with Gasteiger partial charge in [-0.2, -0.15) is 0 Å². The Balaban J connectivity index is 0.00000192. The van der Waals surface area contributed by atoms with Crippen molar-refractivity contribution in [2.45, 2.75) is 69.4 Å². The van der Waals surface area contributed by atoms with Crippen LogP contribution in [0.5, 0.6) is 0 Å². The predicted octanol–water partition coefficient (Wildman–Crippen LogP) is 2.26. The molecule has 0 aromatic heterocycles. The van der Waals surface area contributed by atoms with Crippen LogP contribution in [0.2, 0.25) is 0 Å². The quantitative estimate of drug-likeness (QED) is 0.664. The van der Waals surface area contributed by atoms with Crippen LogP contribution in [0, 0.1) is 29.6 Å². The van der Waals surface area contributed by atoms with Crippen molar-refractivity contribution >= 4 is 24.3 Å². The first kappa shape index (κ1) is 20.3. The van der Waals surface area contributed by atoms with Gasteiger partial charge in [-0.3, -0.25) is 4.79 Å². The number of fused-ring (bicyclic) bond motifs is 1. The molecule has 0 aromatic rings. The van der Waals surface area contributed by atoms with E-state index in [1.165, 1.54) is 19.3 Å². The molecule has 3 atom stereocenters. The van der Waals surface area contributed by atoms with Gasteiger partial charge in [0.25, 0.3) is 0 Å². The number of urea groups is 1. The molecule has 6 nitrogen and oxygen atoms in total. The number of likely N-dealkylation sites (tertiary alicyclic amines) is 1. The van der Waals surface area contributed by atoms with Crippen LogP contribution in [0.1, 0.15) is 57.8 Å². The normalized spacial score (nSPS) is 42.8. The first-order valence-electron chi connectivity index (χ1n) is 11.1. The average Bonchev–Trinajstić information content (AvgIpc) is 3.15. The molecule has 5 saturated carbocycles. The van der Waals surface area contributed by atoms with Crippen molar-refractivity contribution in [3.05, 3.63) is 0 Å². The van der Waals surface area contributed by atoms with E-state index in [2.05, 4.69) is 10.6 Å². The number of hydrogen-bond acceptors (Lipinski definition) is 3. The Hall–Kier alpha value is -1.01. The molecule has 3 amide bonds. The number of hydrogen-bond donors (Lipinski definition) is 3. The summed E-state index contributed by atoms with van der Waals surface area (Å²) in [5, 5.41) is 6.26. The zero-order chi connectivity index (χ0) is 18.6. The maximum Gasteiger partial charge on any atom is 0.315 e. The SMILES string of the molecule is Cl.NC1CCC2CN(C(=O)CCNC(=O)NC34CC5CC(CC(C5)C3)C4)CC12. The molecule has 28 heavy (non-hydrogen) atoms. The number of halogens is 1. The van der Waals surface area contributed by atoms with E-state index in [1.54, 1.807) is 0 Å². The third-order valence-electron chi connectivity index (χ3n) is 8.31. The number of nitrogens with two attached hydrogens (primary N) is 1. The van der Waals surface area contributed by atoms with Gasteiger partial charge in [0, 0.05) is 37.6 Å². The summed E-state index contributed by atoms with van der Waals surface area (Å²) in [6.07, 6.45) is 10.2. The first-order valence-corrected chi connectivity index (χ1v) is 11.1. The number of carbonyl (C=O) groups is 2. The second-order valence-corrected chi connectivity index (χ2v) is 10.3. The summed E-state index contributed by atoms with van der Waals surface area (Å²) in [7, 11) is 0. The van der Waals surface area contributed by atoms with Crippen molar-refractivity contribution in [3.63, 3.8) is 0 Å². The number of rotatable bonds is 4. The summed E-state index contributed by atoms with van der Waals surface area (Å²) < 4.78 is 0. The van der Waals surface area contributed by atoms with E-state index in [1.807, 2.05) is 4.90 Å². The monoisotopic (exact) mass is 410 g/mol. The molecule has 1 heterocycles. The summed E-state index contributed by atoms with van der Waals surface area (Å²) in [6, 6.07) is 0.182. The molecule has 1 aliphatic heterocycles. The molecule has 1 saturated heterocycles. The average molecular weight is 411 g/mol. The molecule has 4 bridgehead atoms. The van der Waals surface area contributed by atoms with E-state index in [9.17, 15) is 9.59 Å². The van der Waals surface area contributed by atoms with Gasteiger partial charge in [0.05, 0.1) is 0 Å². The van der Waals surface area contributed by atoms with Crippen molar-refractivity contribution in [2.24, 2.45) is 35.3 Å². The highest BCUT2D eigenvalue weighted by Gasteiger charge is 2.51. The molecule has 4 N–H and O–H groups in total. The molecule has 5 aliphatic carbocycles. The Morgan fingerprint density at radius 3 is 2.25 bits per heavy atom. The highest BCUT2D eigenvalue weighted by Crippen LogP contribution is 2.55. The van der Waals surface area contributed by atoms with Crippen LogP contribution < -0.4 is 16.4 Å². The maximum atomic E-state index is 12.5. The van der Waals surface area contributed by atoms with Gasteiger partial charge >= 0.3 is 6.03 Å². The molecule has 7 heteroatoms. The summed E-state index contributed by atoms with van der Waals surface area (Å²) in [5.41, 5.74) is 6.19. The summed E-state index contributed by atoms with van der Waals surface area (Å²) >= 11 is 0. The minimum absolute atomic E-state index is 0. The minimum Gasteiger partial charge on any atom is -0.342 e. The van der Waals surface area contributed by atoms with E-state index >= 15 is 0 Å². The molecule has 6 aliphatic rings. The van der Waals surface area contributed by atoms with E-state index in [0.717, 1.165) is 62.9 Å². The van der Waals surface area contributed by atoms with Crippen LogP contribution in [-0.4, -0.2) is 48.1 Å². The molecule has 6 rings (SSSR count). The summed E-state index contributed by atoms with van der Waals surface area (Å²) in [6.45, 7) is 2.09. The lowest BCUT2D eigenvalue weighted by Gasteiger charge is -2.56. The van der Waals surface area contributed by atoms with Crippen LogP contribution in [-0.2, 0) is 4.79 Å². The van der Waals surface area contributed by atoms with Crippen molar-refractivity contribution < 1.29 is 9.59 Å². The van der Waals surface area contributed by atoms with Crippen molar-refractivity contribution in [1.82, 2.24) is 15.5 Å². The zero-order valence-corrected chi connectivity index (χ0v) is 17.5. The fourth-order valence-electron chi connectivity index (χ4n) is 7.50. The van der Waals surface area contributed by atoms with Crippen molar-refractivity contribution in [3.8, 4) is 0 Å². The highest BCUT2D eigenvalue weighted by atomic mass is 35.5. The highest BCUT2D eigenvalue weighted by molar-refractivity contribution is 5.85. The molecule has 6 fully saturated rings. The van der Waals surface area contributed by atoms with Gasteiger partial charge in [0.1, 0.15) is 0 Å². The summed E-state index contributed by atoms with van der Waals surface area (Å²) in [4.78, 5) is 26.9. The third-order valence-corrected chi connectivity index (χ3v) is 8.31. The lowest BCUT2D eigenvalue weighted by atomic mass is 9.53. The van der Waals surface area contributed by atoms with Crippen LogP contribution in [0.25, 0.3) is 0 Å². The van der Waals surface area contributed by atoms with Gasteiger partial charge in [0.15, 0.2) is 0 Å². The van der Waals surface area contributed by atoms with Crippen molar-refractivity contribution in [2.75, 3.05) is 19.6 Å². The van der Waals surface area contributed by atoms with Gasteiger partial charge < -0.3 is 21.3 Å². The Labute approximate surface area is 174 Å². The topological polar surface area (TPSA) is 87.5 Å². The van der Waals surface area contributed by atoms with Gasteiger partial charge in [-0.25, -0.2) is 4.79 Å². The maximum absolute atomic E-state index is 12.5. The van der Waals surface area contributed by atoms with Crippen LogP contribution in [0.4, 0.5) is 4.79 Å². The smallest absolute Gasteiger partial charge is 0.315 e.